The molecule has 0 radical (unpaired) electrons. The first-order chi connectivity index (χ1) is 13.1. The first-order valence-electron chi connectivity index (χ1n) is 8.61. The highest BCUT2D eigenvalue weighted by Crippen LogP contribution is 2.24. The number of amides is 1. The van der Waals surface area contributed by atoms with Crippen LogP contribution in [0.5, 0.6) is 0 Å². The molecule has 4 rings (SSSR count). The van der Waals surface area contributed by atoms with Crippen LogP contribution in [0, 0.1) is 6.92 Å². The van der Waals surface area contributed by atoms with Gasteiger partial charge in [-0.25, -0.2) is 0 Å². The zero-order chi connectivity index (χ0) is 18.8. The summed E-state index contributed by atoms with van der Waals surface area (Å²) in [5, 5.41) is 3.24. The number of benzene rings is 3. The highest BCUT2D eigenvalue weighted by molar-refractivity contribution is 6.05. The molecule has 3 aromatic carbocycles. The number of fused-ring (bicyclic) bond motifs is 1. The lowest BCUT2D eigenvalue weighted by molar-refractivity contribution is 0.102. The molecule has 0 saturated carbocycles. The number of nitrogens with one attached hydrogen (secondary N) is 1. The number of aryl methyl sites for hydroxylation is 1. The van der Waals surface area contributed by atoms with Crippen LogP contribution in [0.1, 0.15) is 15.9 Å². The number of anilines is 1. The predicted octanol–water partition coefficient (Wildman–Crippen LogP) is 5.02. The van der Waals surface area contributed by atoms with Gasteiger partial charge in [0.25, 0.3) is 5.91 Å². The summed E-state index contributed by atoms with van der Waals surface area (Å²) in [4.78, 5) is 24.9. The van der Waals surface area contributed by atoms with Crippen LogP contribution in [0.2, 0.25) is 0 Å². The van der Waals surface area contributed by atoms with E-state index in [4.69, 9.17) is 4.42 Å². The zero-order valence-electron chi connectivity index (χ0n) is 14.7. The standard InChI is InChI=1S/C23H17NO3/c1-15-7-9-16(10-8-15)22-14-20(25)19-13-18(11-12-21(19)27-22)24-23(26)17-5-3-2-4-6-17/h2-14H,1H3,(H,24,26). The van der Waals surface area contributed by atoms with E-state index in [2.05, 4.69) is 5.32 Å². The Hall–Kier alpha value is -3.66. The van der Waals surface area contributed by atoms with Gasteiger partial charge in [0, 0.05) is 22.9 Å². The van der Waals surface area contributed by atoms with Crippen molar-refractivity contribution in [1.29, 1.82) is 0 Å². The van der Waals surface area contributed by atoms with Crippen LogP contribution in [0.3, 0.4) is 0 Å². The average Bonchev–Trinajstić information content (AvgIpc) is 2.69. The van der Waals surface area contributed by atoms with Crippen molar-refractivity contribution in [2.24, 2.45) is 0 Å². The minimum atomic E-state index is -0.226. The van der Waals surface area contributed by atoms with Gasteiger partial charge in [-0.3, -0.25) is 9.59 Å². The fraction of sp³-hybridized carbons (Fsp3) is 0.0435. The van der Waals surface area contributed by atoms with Crippen molar-refractivity contribution in [3.8, 4) is 11.3 Å². The molecular formula is C23H17NO3. The van der Waals surface area contributed by atoms with Gasteiger partial charge < -0.3 is 9.73 Å². The third kappa shape index (κ3) is 3.51. The monoisotopic (exact) mass is 355 g/mol. The van der Waals surface area contributed by atoms with Crippen LogP contribution >= 0.6 is 0 Å². The van der Waals surface area contributed by atoms with E-state index in [1.807, 2.05) is 37.3 Å². The Bertz CT molecular complexity index is 1180. The summed E-state index contributed by atoms with van der Waals surface area (Å²) in [7, 11) is 0. The number of hydrogen-bond donors (Lipinski definition) is 1. The van der Waals surface area contributed by atoms with Gasteiger partial charge in [0.1, 0.15) is 11.3 Å². The second-order valence-corrected chi connectivity index (χ2v) is 6.37. The van der Waals surface area contributed by atoms with E-state index < -0.39 is 0 Å². The molecule has 1 amide bonds. The number of carbonyl (C=O) groups excluding carboxylic acids is 1. The van der Waals surface area contributed by atoms with Gasteiger partial charge in [0.2, 0.25) is 0 Å². The largest absolute Gasteiger partial charge is 0.456 e. The van der Waals surface area contributed by atoms with Crippen LogP contribution in [0.25, 0.3) is 22.3 Å². The van der Waals surface area contributed by atoms with Crippen LogP contribution in [0.15, 0.2) is 88.1 Å². The summed E-state index contributed by atoms with van der Waals surface area (Å²) < 4.78 is 5.90. The van der Waals surface area contributed by atoms with E-state index in [1.165, 1.54) is 6.07 Å². The molecule has 0 unspecified atom stereocenters. The molecule has 1 aromatic heterocycles. The Labute approximate surface area is 156 Å². The van der Waals surface area contributed by atoms with Crippen LogP contribution < -0.4 is 10.7 Å². The molecule has 0 bridgehead atoms. The molecule has 1 N–H and O–H groups in total. The molecular weight excluding hydrogens is 338 g/mol. The number of carbonyl (C=O) groups is 1. The van der Waals surface area contributed by atoms with Crippen molar-refractivity contribution >= 4 is 22.6 Å². The van der Waals surface area contributed by atoms with E-state index in [9.17, 15) is 9.59 Å². The normalized spacial score (nSPS) is 10.7. The molecule has 0 fully saturated rings. The van der Waals surface area contributed by atoms with Crippen molar-refractivity contribution in [2.75, 3.05) is 5.32 Å². The van der Waals surface area contributed by atoms with E-state index in [0.717, 1.165) is 11.1 Å². The minimum absolute atomic E-state index is 0.150. The molecule has 0 saturated heterocycles. The van der Waals surface area contributed by atoms with E-state index in [-0.39, 0.29) is 11.3 Å². The second-order valence-electron chi connectivity index (χ2n) is 6.37. The van der Waals surface area contributed by atoms with Gasteiger partial charge in [-0.15, -0.1) is 0 Å². The van der Waals surface area contributed by atoms with Crippen molar-refractivity contribution in [1.82, 2.24) is 0 Å². The zero-order valence-corrected chi connectivity index (χ0v) is 14.7. The topological polar surface area (TPSA) is 59.3 Å². The van der Waals surface area contributed by atoms with Gasteiger partial charge in [-0.2, -0.15) is 0 Å². The lowest BCUT2D eigenvalue weighted by Gasteiger charge is -2.07. The van der Waals surface area contributed by atoms with Gasteiger partial charge >= 0.3 is 0 Å². The maximum absolute atomic E-state index is 12.6. The van der Waals surface area contributed by atoms with Gasteiger partial charge in [0.15, 0.2) is 5.43 Å². The molecule has 0 spiro atoms. The summed E-state index contributed by atoms with van der Waals surface area (Å²) in [6, 6.07) is 23.3. The van der Waals surface area contributed by atoms with Crippen molar-refractivity contribution in [3.63, 3.8) is 0 Å². The van der Waals surface area contributed by atoms with Gasteiger partial charge in [-0.1, -0.05) is 48.0 Å². The van der Waals surface area contributed by atoms with Crippen LogP contribution in [-0.2, 0) is 0 Å². The molecule has 132 valence electrons. The predicted molar refractivity (Wildman–Crippen MR) is 107 cm³/mol. The van der Waals surface area contributed by atoms with Crippen molar-refractivity contribution in [3.05, 3.63) is 100 Å². The average molecular weight is 355 g/mol. The summed E-state index contributed by atoms with van der Waals surface area (Å²) in [6.07, 6.45) is 0. The van der Waals surface area contributed by atoms with E-state index in [1.54, 1.807) is 42.5 Å². The Morgan fingerprint density at radius 1 is 0.889 bits per heavy atom. The van der Waals surface area contributed by atoms with Gasteiger partial charge in [0.05, 0.1) is 5.39 Å². The SMILES string of the molecule is Cc1ccc(-c2cc(=O)c3cc(NC(=O)c4ccccc4)ccc3o2)cc1. The smallest absolute Gasteiger partial charge is 0.255 e. The quantitative estimate of drug-likeness (QED) is 0.561. The molecule has 4 nitrogen and oxygen atoms in total. The third-order valence-electron chi connectivity index (χ3n) is 4.36. The fourth-order valence-electron chi connectivity index (χ4n) is 2.89. The Kier molecular flexibility index (Phi) is 4.30. The summed E-state index contributed by atoms with van der Waals surface area (Å²) in [5.74, 6) is 0.296. The first kappa shape index (κ1) is 16.8. The number of rotatable bonds is 3. The first-order valence-corrected chi connectivity index (χ1v) is 8.61. The van der Waals surface area contributed by atoms with E-state index >= 15 is 0 Å². The molecule has 0 aliphatic rings. The molecule has 1 heterocycles. The lowest BCUT2D eigenvalue weighted by Crippen LogP contribution is -2.12. The molecule has 0 aliphatic carbocycles. The van der Waals surface area contributed by atoms with Crippen LogP contribution in [-0.4, -0.2) is 5.91 Å². The minimum Gasteiger partial charge on any atom is -0.456 e. The molecule has 0 aliphatic heterocycles. The van der Waals surface area contributed by atoms with Gasteiger partial charge in [-0.05, 0) is 37.3 Å². The summed E-state index contributed by atoms with van der Waals surface area (Å²) in [6.45, 7) is 2.01. The van der Waals surface area contributed by atoms with E-state index in [0.29, 0.717) is 28.0 Å². The number of hydrogen-bond acceptors (Lipinski definition) is 3. The summed E-state index contributed by atoms with van der Waals surface area (Å²) >= 11 is 0. The maximum atomic E-state index is 12.6. The van der Waals surface area contributed by atoms with Crippen molar-refractivity contribution < 1.29 is 9.21 Å². The Balaban J connectivity index is 1.68. The summed E-state index contributed by atoms with van der Waals surface area (Å²) in [5.41, 5.74) is 3.42. The Morgan fingerprint density at radius 3 is 2.37 bits per heavy atom. The highest BCUT2D eigenvalue weighted by atomic mass is 16.3. The van der Waals surface area contributed by atoms with Crippen LogP contribution in [0.4, 0.5) is 5.69 Å². The fourth-order valence-corrected chi connectivity index (χ4v) is 2.89. The lowest BCUT2D eigenvalue weighted by atomic mass is 10.1. The highest BCUT2D eigenvalue weighted by Gasteiger charge is 2.10. The molecule has 0 atom stereocenters. The second kappa shape index (κ2) is 6.92. The maximum Gasteiger partial charge on any atom is 0.255 e. The molecule has 4 aromatic rings. The van der Waals surface area contributed by atoms with Crippen molar-refractivity contribution in [2.45, 2.75) is 6.92 Å². The molecule has 27 heavy (non-hydrogen) atoms. The third-order valence-corrected chi connectivity index (χ3v) is 4.36. The molecule has 4 heteroatoms. The Morgan fingerprint density at radius 2 is 1.63 bits per heavy atom.